The Morgan fingerprint density at radius 1 is 0.970 bits per heavy atom. The number of hydrogen-bond acceptors (Lipinski definition) is 5. The van der Waals surface area contributed by atoms with Crippen molar-refractivity contribution in [2.75, 3.05) is 12.9 Å². The molecule has 0 saturated carbocycles. The number of aryl methyl sites for hydroxylation is 1. The van der Waals surface area contributed by atoms with E-state index in [-0.39, 0.29) is 46.1 Å². The summed E-state index contributed by atoms with van der Waals surface area (Å²) in [6.07, 6.45) is 0.270. The van der Waals surface area contributed by atoms with Crippen LogP contribution in [0.1, 0.15) is 34.2 Å². The number of ether oxygens (including phenoxy) is 1. The van der Waals surface area contributed by atoms with Gasteiger partial charge in [0.05, 0.1) is 29.9 Å². The summed E-state index contributed by atoms with van der Waals surface area (Å²) in [5.74, 6) is 1.58. The Labute approximate surface area is 207 Å². The Kier molecular flexibility index (Phi) is 8.47. The van der Waals surface area contributed by atoms with Gasteiger partial charge in [-0.15, -0.1) is 17.0 Å². The number of carbonyl (C=O) groups excluding carboxylic acids is 2. The molecule has 0 aliphatic heterocycles. The Bertz CT molecular complexity index is 1240. The molecule has 4 rings (SSSR count). The Hall–Kier alpha value is -2.90. The number of thioether (sulfide) groups is 1. The average Bonchev–Trinajstić information content (AvgIpc) is 3.17. The predicted molar refractivity (Wildman–Crippen MR) is 139 cm³/mol. The molecule has 0 aliphatic carbocycles. The highest BCUT2D eigenvalue weighted by Gasteiger charge is 2.23. The van der Waals surface area contributed by atoms with E-state index in [9.17, 15) is 9.59 Å². The number of nitrogens with zero attached hydrogens (tertiary/aromatic N) is 2. The molecule has 0 bridgehead atoms. The van der Waals surface area contributed by atoms with E-state index < -0.39 is 0 Å². The third-order valence-electron chi connectivity index (χ3n) is 5.40. The molecular weight excluding hydrogens is 500 g/mol. The Morgan fingerprint density at radius 2 is 1.64 bits per heavy atom. The van der Waals surface area contributed by atoms with E-state index in [4.69, 9.17) is 4.74 Å². The number of Topliss-reactive ketones (excluding diaryl/α,β-unsaturated/α-hetero) is 1. The summed E-state index contributed by atoms with van der Waals surface area (Å²) < 4.78 is 7.25. The second kappa shape index (κ2) is 11.3. The van der Waals surface area contributed by atoms with Crippen LogP contribution in [0.15, 0.2) is 78.9 Å². The van der Waals surface area contributed by atoms with E-state index in [1.807, 2.05) is 61.5 Å². The van der Waals surface area contributed by atoms with Crippen LogP contribution in [0, 0.1) is 6.92 Å². The first-order valence-corrected chi connectivity index (χ1v) is 11.4. The lowest BCUT2D eigenvalue weighted by molar-refractivity contribution is -0.111. The minimum atomic E-state index is -0.195. The number of methoxy groups -OCH3 is 1. The number of benzene rings is 3. The van der Waals surface area contributed by atoms with Gasteiger partial charge in [-0.1, -0.05) is 54.2 Å². The smallest absolute Gasteiger partial charge is 0.191 e. The van der Waals surface area contributed by atoms with E-state index >= 15 is 0 Å². The van der Waals surface area contributed by atoms with Crippen molar-refractivity contribution in [3.05, 3.63) is 95.8 Å². The fraction of sp³-hybridized carbons (Fsp3) is 0.192. The lowest BCUT2D eigenvalue weighted by Crippen LogP contribution is -2.16. The van der Waals surface area contributed by atoms with Crippen molar-refractivity contribution in [2.45, 2.75) is 19.4 Å². The van der Waals surface area contributed by atoms with Gasteiger partial charge in [-0.05, 0) is 48.9 Å². The van der Waals surface area contributed by atoms with Crippen molar-refractivity contribution in [1.29, 1.82) is 0 Å². The molecule has 0 saturated heterocycles. The molecule has 1 heterocycles. The van der Waals surface area contributed by atoms with E-state index in [2.05, 4.69) is 9.55 Å². The van der Waals surface area contributed by atoms with Gasteiger partial charge < -0.3 is 9.30 Å². The van der Waals surface area contributed by atoms with E-state index in [0.29, 0.717) is 11.3 Å². The van der Waals surface area contributed by atoms with Crippen LogP contribution in [0.4, 0.5) is 0 Å². The van der Waals surface area contributed by atoms with E-state index in [1.54, 1.807) is 31.4 Å². The molecule has 4 aromatic rings. The van der Waals surface area contributed by atoms with Crippen molar-refractivity contribution in [3.63, 3.8) is 0 Å². The van der Waals surface area contributed by atoms with Crippen LogP contribution in [-0.4, -0.2) is 33.3 Å². The third-order valence-corrected chi connectivity index (χ3v) is 6.30. The second-order valence-electron chi connectivity index (χ2n) is 7.46. The Balaban J connectivity index is 0.00000306. The standard InChI is InChI=1S/C26H24N2O3S.BrH/c1-18-27-22-10-6-7-11-23(22)28(18)24(19-8-4-3-5-9-19)16-26(30)32-17-25(29)20-12-14-21(31-2)15-13-20;/h3-15,24H,16-17H2,1-2H3;1H. The van der Waals surface area contributed by atoms with Crippen molar-refractivity contribution in [2.24, 2.45) is 0 Å². The van der Waals surface area contributed by atoms with Gasteiger partial charge in [0.1, 0.15) is 11.6 Å². The molecule has 0 spiro atoms. The fourth-order valence-corrected chi connectivity index (χ4v) is 4.55. The lowest BCUT2D eigenvalue weighted by Gasteiger charge is -2.21. The molecule has 1 unspecified atom stereocenters. The number of imidazole rings is 1. The highest BCUT2D eigenvalue weighted by atomic mass is 79.9. The molecule has 5 nitrogen and oxygen atoms in total. The van der Waals surface area contributed by atoms with Gasteiger partial charge in [0.15, 0.2) is 10.9 Å². The van der Waals surface area contributed by atoms with Gasteiger partial charge in [0.25, 0.3) is 0 Å². The molecule has 1 atom stereocenters. The highest BCUT2D eigenvalue weighted by Crippen LogP contribution is 2.30. The van der Waals surface area contributed by atoms with Crippen molar-refractivity contribution < 1.29 is 14.3 Å². The van der Waals surface area contributed by atoms with Crippen LogP contribution in [0.5, 0.6) is 5.75 Å². The summed E-state index contributed by atoms with van der Waals surface area (Å²) in [5, 5.41) is -0.0297. The van der Waals surface area contributed by atoms with Gasteiger partial charge in [0.2, 0.25) is 0 Å². The van der Waals surface area contributed by atoms with Gasteiger partial charge in [0, 0.05) is 12.0 Å². The quantitative estimate of drug-likeness (QED) is 0.262. The second-order valence-corrected chi connectivity index (χ2v) is 8.49. The molecule has 33 heavy (non-hydrogen) atoms. The largest absolute Gasteiger partial charge is 0.497 e. The first-order chi connectivity index (χ1) is 15.6. The number of aromatic nitrogens is 2. The molecule has 0 radical (unpaired) electrons. The number of carbonyl (C=O) groups is 2. The zero-order valence-corrected chi connectivity index (χ0v) is 21.0. The number of para-hydroxylation sites is 2. The maximum Gasteiger partial charge on any atom is 0.191 e. The average molecular weight is 525 g/mol. The summed E-state index contributed by atoms with van der Waals surface area (Å²) >= 11 is 1.07. The van der Waals surface area contributed by atoms with Crippen molar-refractivity contribution in [1.82, 2.24) is 9.55 Å². The van der Waals surface area contributed by atoms with E-state index in [1.165, 1.54) is 0 Å². The van der Waals surface area contributed by atoms with Crippen molar-refractivity contribution >= 4 is 50.7 Å². The van der Waals surface area contributed by atoms with Gasteiger partial charge in [-0.2, -0.15) is 0 Å². The molecule has 0 amide bonds. The molecule has 0 fully saturated rings. The summed E-state index contributed by atoms with van der Waals surface area (Å²) in [6.45, 7) is 1.96. The molecule has 3 aromatic carbocycles. The normalized spacial score (nSPS) is 11.6. The number of ketones is 1. The number of halogens is 1. The summed E-state index contributed by atoms with van der Waals surface area (Å²) in [6, 6.07) is 24.6. The highest BCUT2D eigenvalue weighted by molar-refractivity contribution is 8.93. The van der Waals surface area contributed by atoms with Gasteiger partial charge in [-0.3, -0.25) is 9.59 Å². The Morgan fingerprint density at radius 3 is 2.33 bits per heavy atom. The minimum absolute atomic E-state index is 0. The van der Waals surface area contributed by atoms with Crippen LogP contribution in [0.25, 0.3) is 11.0 Å². The predicted octanol–water partition coefficient (Wildman–Crippen LogP) is 6.05. The van der Waals surface area contributed by atoms with Crippen LogP contribution >= 0.6 is 28.7 Å². The summed E-state index contributed by atoms with van der Waals surface area (Å²) in [7, 11) is 1.58. The topological polar surface area (TPSA) is 61.2 Å². The first kappa shape index (κ1) is 24.7. The molecule has 170 valence electrons. The minimum Gasteiger partial charge on any atom is -0.497 e. The number of rotatable bonds is 8. The monoisotopic (exact) mass is 524 g/mol. The van der Waals surface area contributed by atoms with E-state index in [0.717, 1.165) is 34.2 Å². The van der Waals surface area contributed by atoms with Gasteiger partial charge in [-0.25, -0.2) is 4.98 Å². The van der Waals surface area contributed by atoms with Gasteiger partial charge >= 0.3 is 0 Å². The SMILES string of the molecule is Br.COc1ccc(C(=O)CSC(=O)CC(c2ccccc2)n2c(C)nc3ccccc32)cc1. The molecule has 7 heteroatoms. The molecular formula is C26H25BrN2O3S. The summed E-state index contributed by atoms with van der Waals surface area (Å²) in [4.78, 5) is 30.2. The zero-order valence-electron chi connectivity index (χ0n) is 18.4. The zero-order chi connectivity index (χ0) is 22.5. The van der Waals surface area contributed by atoms with Crippen LogP contribution < -0.4 is 4.74 Å². The summed E-state index contributed by atoms with van der Waals surface area (Å²) in [5.41, 5.74) is 3.50. The fourth-order valence-electron chi connectivity index (χ4n) is 3.81. The third kappa shape index (κ3) is 5.72. The van der Waals surface area contributed by atoms with Crippen LogP contribution in [-0.2, 0) is 4.79 Å². The molecule has 0 aliphatic rings. The number of fused-ring (bicyclic) bond motifs is 1. The lowest BCUT2D eigenvalue weighted by atomic mass is 10.0. The maximum absolute atomic E-state index is 13.0. The number of hydrogen-bond donors (Lipinski definition) is 0. The first-order valence-electron chi connectivity index (χ1n) is 10.4. The molecule has 1 aromatic heterocycles. The van der Waals surface area contributed by atoms with Crippen molar-refractivity contribution in [3.8, 4) is 5.75 Å². The van der Waals surface area contributed by atoms with Crippen LogP contribution in [0.3, 0.4) is 0 Å². The molecule has 0 N–H and O–H groups in total. The van der Waals surface area contributed by atoms with Crippen LogP contribution in [0.2, 0.25) is 0 Å². The maximum atomic E-state index is 13.0.